The van der Waals surface area contributed by atoms with Crippen LogP contribution in [0.5, 0.6) is 0 Å². The number of halogens is 1. The van der Waals surface area contributed by atoms with Crippen LogP contribution in [0.3, 0.4) is 0 Å². The lowest BCUT2D eigenvalue weighted by Crippen LogP contribution is -2.13. The van der Waals surface area contributed by atoms with Crippen molar-refractivity contribution in [2.24, 2.45) is 0 Å². The highest BCUT2D eigenvalue weighted by atomic mass is 79.9. The molecule has 0 unspecified atom stereocenters. The molecule has 1 aromatic carbocycles. The van der Waals surface area contributed by atoms with E-state index in [1.54, 1.807) is 0 Å². The van der Waals surface area contributed by atoms with E-state index < -0.39 is 0 Å². The zero-order valence-corrected chi connectivity index (χ0v) is 10.1. The maximum Gasteiger partial charge on any atom is 0.228 e. The summed E-state index contributed by atoms with van der Waals surface area (Å²) in [5.74, 6) is -0.0160. The van der Waals surface area contributed by atoms with Gasteiger partial charge in [-0.25, -0.2) is 0 Å². The van der Waals surface area contributed by atoms with Crippen LogP contribution in [-0.2, 0) is 11.2 Å². The topological polar surface area (TPSA) is 44.9 Å². The summed E-state index contributed by atoms with van der Waals surface area (Å²) in [6, 6.07) is 9.42. The quantitative estimate of drug-likeness (QED) is 0.891. The second kappa shape index (κ2) is 4.99. The van der Waals surface area contributed by atoms with Gasteiger partial charge in [0, 0.05) is 22.6 Å². The SMILES string of the molecule is O=C(Cc1cc[nH]c1)Nc1cccc(Br)c1. The van der Waals surface area contributed by atoms with E-state index >= 15 is 0 Å². The molecule has 2 N–H and O–H groups in total. The minimum atomic E-state index is -0.0160. The Bertz CT molecular complexity index is 480. The zero-order chi connectivity index (χ0) is 11.4. The molecule has 2 rings (SSSR count). The fourth-order valence-electron chi connectivity index (χ4n) is 1.43. The number of H-pyrrole nitrogens is 1. The summed E-state index contributed by atoms with van der Waals surface area (Å²) in [5, 5.41) is 2.84. The summed E-state index contributed by atoms with van der Waals surface area (Å²) in [5.41, 5.74) is 1.78. The van der Waals surface area contributed by atoms with Gasteiger partial charge in [0.15, 0.2) is 0 Å². The highest BCUT2D eigenvalue weighted by Crippen LogP contribution is 2.15. The van der Waals surface area contributed by atoms with Crippen molar-refractivity contribution in [2.75, 3.05) is 5.32 Å². The molecule has 82 valence electrons. The van der Waals surface area contributed by atoms with Crippen LogP contribution >= 0.6 is 15.9 Å². The van der Waals surface area contributed by atoms with Crippen molar-refractivity contribution in [1.29, 1.82) is 0 Å². The van der Waals surface area contributed by atoms with Crippen LogP contribution in [0.25, 0.3) is 0 Å². The monoisotopic (exact) mass is 278 g/mol. The predicted molar refractivity (Wildman–Crippen MR) is 67.3 cm³/mol. The van der Waals surface area contributed by atoms with Crippen molar-refractivity contribution >= 4 is 27.5 Å². The molecule has 0 fully saturated rings. The van der Waals surface area contributed by atoms with Crippen molar-refractivity contribution in [3.8, 4) is 0 Å². The van der Waals surface area contributed by atoms with Gasteiger partial charge in [0.05, 0.1) is 6.42 Å². The zero-order valence-electron chi connectivity index (χ0n) is 8.53. The number of anilines is 1. The fourth-order valence-corrected chi connectivity index (χ4v) is 1.82. The van der Waals surface area contributed by atoms with Crippen LogP contribution in [-0.4, -0.2) is 10.9 Å². The van der Waals surface area contributed by atoms with E-state index in [0.29, 0.717) is 6.42 Å². The summed E-state index contributed by atoms with van der Waals surface area (Å²) in [4.78, 5) is 14.6. The van der Waals surface area contributed by atoms with E-state index in [1.165, 1.54) is 0 Å². The summed E-state index contributed by atoms with van der Waals surface area (Å²) in [6.07, 6.45) is 4.01. The molecule has 0 saturated carbocycles. The first-order valence-electron chi connectivity index (χ1n) is 4.91. The van der Waals surface area contributed by atoms with Gasteiger partial charge in [-0.2, -0.15) is 0 Å². The average molecular weight is 279 g/mol. The Kier molecular flexibility index (Phi) is 3.41. The van der Waals surface area contributed by atoms with Gasteiger partial charge < -0.3 is 10.3 Å². The average Bonchev–Trinajstić information content (AvgIpc) is 2.70. The van der Waals surface area contributed by atoms with Gasteiger partial charge in [0.1, 0.15) is 0 Å². The molecule has 1 aromatic heterocycles. The molecule has 2 aromatic rings. The Morgan fingerprint density at radius 3 is 2.94 bits per heavy atom. The Labute approximate surface area is 102 Å². The summed E-state index contributed by atoms with van der Waals surface area (Å²) in [7, 11) is 0. The summed E-state index contributed by atoms with van der Waals surface area (Å²) < 4.78 is 0.951. The van der Waals surface area contributed by atoms with Gasteiger partial charge in [-0.3, -0.25) is 4.79 Å². The van der Waals surface area contributed by atoms with E-state index in [1.807, 2.05) is 42.7 Å². The molecular formula is C12H11BrN2O. The molecule has 16 heavy (non-hydrogen) atoms. The number of hydrogen-bond acceptors (Lipinski definition) is 1. The van der Waals surface area contributed by atoms with E-state index in [-0.39, 0.29) is 5.91 Å². The number of carbonyl (C=O) groups is 1. The van der Waals surface area contributed by atoms with E-state index in [4.69, 9.17) is 0 Å². The highest BCUT2D eigenvalue weighted by molar-refractivity contribution is 9.10. The Hall–Kier alpha value is -1.55. The largest absolute Gasteiger partial charge is 0.367 e. The number of rotatable bonds is 3. The third-order valence-electron chi connectivity index (χ3n) is 2.14. The Balaban J connectivity index is 1.97. The minimum absolute atomic E-state index is 0.0160. The van der Waals surface area contributed by atoms with Crippen LogP contribution in [0, 0.1) is 0 Å². The van der Waals surface area contributed by atoms with Gasteiger partial charge in [0.2, 0.25) is 5.91 Å². The second-order valence-corrected chi connectivity index (χ2v) is 4.37. The van der Waals surface area contributed by atoms with Gasteiger partial charge in [-0.05, 0) is 29.8 Å². The lowest BCUT2D eigenvalue weighted by Gasteiger charge is -2.04. The standard InChI is InChI=1S/C12H11BrN2O/c13-10-2-1-3-11(7-10)15-12(16)6-9-4-5-14-8-9/h1-5,7-8,14H,6H2,(H,15,16). The van der Waals surface area contributed by atoms with E-state index in [2.05, 4.69) is 26.2 Å². The van der Waals surface area contributed by atoms with Crippen LogP contribution in [0.4, 0.5) is 5.69 Å². The van der Waals surface area contributed by atoms with Crippen molar-refractivity contribution in [1.82, 2.24) is 4.98 Å². The van der Waals surface area contributed by atoms with E-state index in [9.17, 15) is 4.79 Å². The molecular weight excluding hydrogens is 268 g/mol. The minimum Gasteiger partial charge on any atom is -0.367 e. The normalized spacial score (nSPS) is 10.1. The van der Waals surface area contributed by atoms with Crippen LogP contribution in [0.2, 0.25) is 0 Å². The highest BCUT2D eigenvalue weighted by Gasteiger charge is 2.04. The Morgan fingerprint density at radius 1 is 1.38 bits per heavy atom. The molecule has 3 nitrogen and oxygen atoms in total. The first kappa shape index (κ1) is 11.0. The van der Waals surface area contributed by atoms with Crippen molar-refractivity contribution in [2.45, 2.75) is 6.42 Å². The molecule has 0 atom stereocenters. The van der Waals surface area contributed by atoms with Crippen molar-refractivity contribution < 1.29 is 4.79 Å². The van der Waals surface area contributed by atoms with Gasteiger partial charge in [-0.1, -0.05) is 22.0 Å². The molecule has 0 spiro atoms. The van der Waals surface area contributed by atoms with Crippen LogP contribution in [0.15, 0.2) is 47.2 Å². The molecule has 0 radical (unpaired) electrons. The number of carbonyl (C=O) groups excluding carboxylic acids is 1. The fraction of sp³-hybridized carbons (Fsp3) is 0.0833. The lowest BCUT2D eigenvalue weighted by molar-refractivity contribution is -0.115. The smallest absolute Gasteiger partial charge is 0.228 e. The molecule has 0 bridgehead atoms. The van der Waals surface area contributed by atoms with Crippen molar-refractivity contribution in [3.05, 3.63) is 52.8 Å². The summed E-state index contributed by atoms with van der Waals surface area (Å²) >= 11 is 3.36. The first-order valence-corrected chi connectivity index (χ1v) is 5.70. The van der Waals surface area contributed by atoms with Gasteiger partial charge in [-0.15, -0.1) is 0 Å². The number of hydrogen-bond donors (Lipinski definition) is 2. The number of nitrogens with one attached hydrogen (secondary N) is 2. The number of benzene rings is 1. The maximum atomic E-state index is 11.7. The Morgan fingerprint density at radius 2 is 2.25 bits per heavy atom. The molecule has 0 aliphatic carbocycles. The third kappa shape index (κ3) is 2.97. The van der Waals surface area contributed by atoms with Crippen LogP contribution in [0.1, 0.15) is 5.56 Å². The molecule has 0 aliphatic rings. The molecule has 1 amide bonds. The molecule has 4 heteroatoms. The maximum absolute atomic E-state index is 11.7. The van der Waals surface area contributed by atoms with Crippen molar-refractivity contribution in [3.63, 3.8) is 0 Å². The first-order chi connectivity index (χ1) is 7.74. The van der Waals surface area contributed by atoms with E-state index in [0.717, 1.165) is 15.7 Å². The number of aromatic amines is 1. The predicted octanol–water partition coefficient (Wildman–Crippen LogP) is 2.96. The summed E-state index contributed by atoms with van der Waals surface area (Å²) in [6.45, 7) is 0. The van der Waals surface area contributed by atoms with Gasteiger partial charge in [0.25, 0.3) is 0 Å². The second-order valence-electron chi connectivity index (χ2n) is 3.45. The van der Waals surface area contributed by atoms with Gasteiger partial charge >= 0.3 is 0 Å². The number of amides is 1. The van der Waals surface area contributed by atoms with Crippen LogP contribution < -0.4 is 5.32 Å². The molecule has 0 aliphatic heterocycles. The molecule has 0 saturated heterocycles. The lowest BCUT2D eigenvalue weighted by atomic mass is 10.2. The third-order valence-corrected chi connectivity index (χ3v) is 2.63. The number of aromatic nitrogens is 1. The molecule has 1 heterocycles.